The Kier molecular flexibility index (Phi) is 4.97. The summed E-state index contributed by atoms with van der Waals surface area (Å²) in [5.41, 5.74) is 0.338. The molecular weight excluding hydrogens is 362 g/mol. The van der Waals surface area contributed by atoms with Crippen molar-refractivity contribution in [2.24, 2.45) is 0 Å². The van der Waals surface area contributed by atoms with Crippen molar-refractivity contribution in [1.82, 2.24) is 9.88 Å². The lowest BCUT2D eigenvalue weighted by molar-refractivity contribution is -0.136. The number of aliphatic hydroxyl groups is 1. The number of carbonyl (C=O) groups is 2. The van der Waals surface area contributed by atoms with Gasteiger partial charge < -0.3 is 25.0 Å². The number of aliphatic hydroxyl groups excluding tert-OH is 1. The number of amides is 1. The van der Waals surface area contributed by atoms with E-state index in [-0.39, 0.29) is 36.5 Å². The van der Waals surface area contributed by atoms with E-state index in [0.717, 1.165) is 0 Å². The molecule has 0 saturated heterocycles. The molecule has 0 bridgehead atoms. The van der Waals surface area contributed by atoms with Crippen molar-refractivity contribution >= 4 is 39.9 Å². The molecule has 9 heteroatoms. The van der Waals surface area contributed by atoms with E-state index in [1.807, 2.05) is 0 Å². The minimum Gasteiger partial charge on any atom is -0.466 e. The maximum atomic E-state index is 12.5. The van der Waals surface area contributed by atoms with E-state index >= 15 is 0 Å². The zero-order valence-electron chi connectivity index (χ0n) is 13.8. The molecule has 1 aromatic carbocycles. The van der Waals surface area contributed by atoms with Crippen molar-refractivity contribution < 1.29 is 19.4 Å². The predicted molar refractivity (Wildman–Crippen MR) is 95.9 cm³/mol. The number of aromatic nitrogens is 1. The molecule has 2 aromatic rings. The third-order valence-electron chi connectivity index (χ3n) is 4.07. The number of β-amino-alcohol motifs (C(OH)–C–C–N with tert-alkyl or cyclic N) is 1. The number of aromatic amines is 1. The Balaban J connectivity index is 2.01. The lowest BCUT2D eigenvalue weighted by Crippen LogP contribution is -2.31. The van der Waals surface area contributed by atoms with E-state index in [1.165, 1.54) is 18.2 Å². The second kappa shape index (κ2) is 7.19. The molecular formula is C17H16ClN3O5. The molecule has 1 amide bonds. The molecule has 1 aliphatic rings. The average Bonchev–Trinajstić information content (AvgIpc) is 2.94. The summed E-state index contributed by atoms with van der Waals surface area (Å²) < 4.78 is 4.73. The van der Waals surface area contributed by atoms with Crippen molar-refractivity contribution in [3.05, 3.63) is 51.0 Å². The highest BCUT2D eigenvalue weighted by Gasteiger charge is 2.34. The quantitative estimate of drug-likeness (QED) is 0.666. The van der Waals surface area contributed by atoms with Crippen LogP contribution in [0.1, 0.15) is 0 Å². The van der Waals surface area contributed by atoms with Crippen molar-refractivity contribution in [1.29, 1.82) is 0 Å². The number of nitrogens with zero attached hydrogens (tertiary/aromatic N) is 1. The Morgan fingerprint density at radius 2 is 2.15 bits per heavy atom. The zero-order chi connectivity index (χ0) is 18.8. The Morgan fingerprint density at radius 1 is 1.38 bits per heavy atom. The van der Waals surface area contributed by atoms with Crippen LogP contribution in [0.4, 0.5) is 5.69 Å². The molecule has 0 spiro atoms. The number of fused-ring (bicyclic) bond motifs is 1. The van der Waals surface area contributed by atoms with Gasteiger partial charge in [-0.15, -0.1) is 0 Å². The highest BCUT2D eigenvalue weighted by molar-refractivity contribution is 6.35. The number of H-pyrrole nitrogens is 1. The van der Waals surface area contributed by atoms with Crippen LogP contribution in [0, 0.1) is 0 Å². The topological polar surface area (TPSA) is 112 Å². The van der Waals surface area contributed by atoms with Gasteiger partial charge in [0.15, 0.2) is 0 Å². The number of hydrogen-bond acceptors (Lipinski definition) is 6. The molecule has 0 aliphatic carbocycles. The fourth-order valence-electron chi connectivity index (χ4n) is 2.80. The number of pyridine rings is 1. The maximum Gasteiger partial charge on any atom is 0.337 e. The molecule has 0 radical (unpaired) electrons. The Bertz CT molecular complexity index is 982. The average molecular weight is 378 g/mol. The van der Waals surface area contributed by atoms with Crippen molar-refractivity contribution in [2.75, 3.05) is 32.1 Å². The highest BCUT2D eigenvalue weighted by Crippen LogP contribution is 2.26. The number of halogens is 1. The summed E-state index contributed by atoms with van der Waals surface area (Å²) in [5.74, 6) is -1.07. The first-order valence-electron chi connectivity index (χ1n) is 7.75. The van der Waals surface area contributed by atoms with Crippen LogP contribution < -0.4 is 10.9 Å². The maximum absolute atomic E-state index is 12.5. The first-order chi connectivity index (χ1) is 12.5. The molecule has 0 atom stereocenters. The Hall–Kier alpha value is -2.84. The number of rotatable bonds is 5. The molecule has 0 unspecified atom stereocenters. The van der Waals surface area contributed by atoms with Crippen LogP contribution in [0.15, 0.2) is 40.5 Å². The first kappa shape index (κ1) is 18.0. The van der Waals surface area contributed by atoms with E-state index in [2.05, 4.69) is 10.3 Å². The van der Waals surface area contributed by atoms with E-state index in [4.69, 9.17) is 21.4 Å². The van der Waals surface area contributed by atoms with E-state index in [0.29, 0.717) is 21.5 Å². The number of carbonyl (C=O) groups excluding carboxylic acids is 2. The standard InChI is InChI=1S/C17H16ClN3O5/c1-26-17(25)12-8-21(4-5-22)16(24)14(12)20-9-2-3-10-11(6-9)15(23)19-7-13(10)18/h2-3,6-7,20,22H,4-5,8H2,1H3,(H,19,23). The lowest BCUT2D eigenvalue weighted by Gasteiger charge is -2.15. The molecule has 0 fully saturated rings. The third kappa shape index (κ3) is 3.16. The number of methoxy groups -OCH3 is 1. The fraction of sp³-hybridized carbons (Fsp3) is 0.235. The minimum atomic E-state index is -0.636. The second-order valence-corrected chi connectivity index (χ2v) is 6.05. The zero-order valence-corrected chi connectivity index (χ0v) is 14.6. The molecule has 8 nitrogen and oxygen atoms in total. The SMILES string of the molecule is COC(=O)C1=C(Nc2ccc3c(Cl)c[nH]c(=O)c3c2)C(=O)N(CCO)C1. The van der Waals surface area contributed by atoms with Gasteiger partial charge in [0.05, 0.1) is 36.2 Å². The number of ether oxygens (including phenoxy) is 1. The Morgan fingerprint density at radius 3 is 2.85 bits per heavy atom. The van der Waals surface area contributed by atoms with Gasteiger partial charge in [-0.1, -0.05) is 17.7 Å². The molecule has 1 aromatic heterocycles. The van der Waals surface area contributed by atoms with Gasteiger partial charge >= 0.3 is 5.97 Å². The molecule has 136 valence electrons. The van der Waals surface area contributed by atoms with Gasteiger partial charge in [-0.05, 0) is 12.1 Å². The highest BCUT2D eigenvalue weighted by atomic mass is 35.5. The Labute approximate surface area is 153 Å². The lowest BCUT2D eigenvalue weighted by atomic mass is 10.1. The molecule has 2 heterocycles. The van der Waals surface area contributed by atoms with Crippen LogP contribution in [0.2, 0.25) is 5.02 Å². The van der Waals surface area contributed by atoms with Crippen LogP contribution in [0.3, 0.4) is 0 Å². The van der Waals surface area contributed by atoms with Crippen molar-refractivity contribution in [3.63, 3.8) is 0 Å². The summed E-state index contributed by atoms with van der Waals surface area (Å²) in [6.45, 7) is -0.0940. The van der Waals surface area contributed by atoms with Crippen LogP contribution in [0.25, 0.3) is 10.8 Å². The molecule has 1 aliphatic heterocycles. The van der Waals surface area contributed by atoms with E-state index in [1.54, 1.807) is 18.2 Å². The van der Waals surface area contributed by atoms with Gasteiger partial charge in [-0.3, -0.25) is 9.59 Å². The fourth-order valence-corrected chi connectivity index (χ4v) is 3.02. The van der Waals surface area contributed by atoms with Gasteiger partial charge in [-0.2, -0.15) is 0 Å². The summed E-state index contributed by atoms with van der Waals surface area (Å²) in [4.78, 5) is 40.4. The number of anilines is 1. The molecule has 26 heavy (non-hydrogen) atoms. The van der Waals surface area contributed by atoms with Gasteiger partial charge in [0, 0.05) is 23.8 Å². The predicted octanol–water partition coefficient (Wildman–Crippen LogP) is 0.855. The summed E-state index contributed by atoms with van der Waals surface area (Å²) in [5, 5.41) is 13.3. The molecule has 0 saturated carbocycles. The largest absolute Gasteiger partial charge is 0.466 e. The van der Waals surface area contributed by atoms with Gasteiger partial charge in [-0.25, -0.2) is 4.79 Å². The van der Waals surface area contributed by atoms with Crippen molar-refractivity contribution in [3.8, 4) is 0 Å². The number of nitrogens with one attached hydrogen (secondary N) is 2. The summed E-state index contributed by atoms with van der Waals surface area (Å²) in [6, 6.07) is 4.85. The van der Waals surface area contributed by atoms with Gasteiger partial charge in [0.1, 0.15) is 5.70 Å². The van der Waals surface area contributed by atoms with Gasteiger partial charge in [0.2, 0.25) is 0 Å². The smallest absolute Gasteiger partial charge is 0.337 e. The molecule has 3 N–H and O–H groups in total. The summed E-state index contributed by atoms with van der Waals surface area (Å²) in [6.07, 6.45) is 1.41. The van der Waals surface area contributed by atoms with Crippen LogP contribution in [-0.2, 0) is 14.3 Å². The monoisotopic (exact) mass is 377 g/mol. The van der Waals surface area contributed by atoms with Crippen LogP contribution in [-0.4, -0.2) is 53.7 Å². The second-order valence-electron chi connectivity index (χ2n) is 5.65. The number of benzene rings is 1. The number of hydrogen-bond donors (Lipinski definition) is 3. The minimum absolute atomic E-state index is 0.0361. The number of esters is 1. The summed E-state index contributed by atoms with van der Waals surface area (Å²) >= 11 is 6.07. The summed E-state index contributed by atoms with van der Waals surface area (Å²) in [7, 11) is 1.23. The normalized spacial score (nSPS) is 14.3. The van der Waals surface area contributed by atoms with Crippen molar-refractivity contribution in [2.45, 2.75) is 0 Å². The van der Waals surface area contributed by atoms with E-state index < -0.39 is 11.9 Å². The van der Waals surface area contributed by atoms with Crippen LogP contribution >= 0.6 is 11.6 Å². The van der Waals surface area contributed by atoms with Crippen LogP contribution in [0.5, 0.6) is 0 Å². The van der Waals surface area contributed by atoms with Gasteiger partial charge in [0.25, 0.3) is 11.5 Å². The third-order valence-corrected chi connectivity index (χ3v) is 4.39. The molecule has 3 rings (SSSR count). The van der Waals surface area contributed by atoms with E-state index in [9.17, 15) is 14.4 Å². The first-order valence-corrected chi connectivity index (χ1v) is 8.13.